The highest BCUT2D eigenvalue weighted by molar-refractivity contribution is 7.15. The first-order valence-corrected chi connectivity index (χ1v) is 8.58. The Hall–Kier alpha value is -1.43. The van der Waals surface area contributed by atoms with Gasteiger partial charge < -0.3 is 5.32 Å². The van der Waals surface area contributed by atoms with E-state index < -0.39 is 0 Å². The van der Waals surface area contributed by atoms with Gasteiger partial charge in [0, 0.05) is 6.54 Å². The van der Waals surface area contributed by atoms with Crippen LogP contribution in [-0.2, 0) is 6.42 Å². The van der Waals surface area contributed by atoms with Gasteiger partial charge in [-0.15, -0.1) is 10.2 Å². The summed E-state index contributed by atoms with van der Waals surface area (Å²) in [6, 6.07) is -0.162. The van der Waals surface area contributed by atoms with Gasteiger partial charge in [0.25, 0.3) is 0 Å². The lowest BCUT2D eigenvalue weighted by molar-refractivity contribution is 0.248. The molecule has 2 saturated carbocycles. The van der Waals surface area contributed by atoms with Gasteiger partial charge in [-0.25, -0.2) is 4.79 Å². The van der Waals surface area contributed by atoms with Crippen molar-refractivity contribution in [3.8, 4) is 0 Å². The average Bonchev–Trinajstić information content (AvgIpc) is 2.93. The maximum Gasteiger partial charge on any atom is 0.321 e. The lowest BCUT2D eigenvalue weighted by Crippen LogP contribution is -2.34. The molecule has 0 radical (unpaired) electrons. The zero-order valence-corrected chi connectivity index (χ0v) is 12.9. The number of urea groups is 1. The Morgan fingerprint density at radius 2 is 2.29 bits per heavy atom. The van der Waals surface area contributed by atoms with E-state index in [2.05, 4.69) is 33.0 Å². The van der Waals surface area contributed by atoms with Crippen LogP contribution in [0.1, 0.15) is 31.2 Å². The predicted octanol–water partition coefficient (Wildman–Crippen LogP) is 2.82. The van der Waals surface area contributed by atoms with Gasteiger partial charge in [-0.05, 0) is 48.9 Å². The maximum atomic E-state index is 11.9. The fourth-order valence-electron chi connectivity index (χ4n) is 4.17. The molecule has 0 aromatic carbocycles. The van der Waals surface area contributed by atoms with Gasteiger partial charge >= 0.3 is 6.03 Å². The van der Waals surface area contributed by atoms with Crippen LogP contribution < -0.4 is 10.6 Å². The van der Waals surface area contributed by atoms with Gasteiger partial charge in [0.15, 0.2) is 0 Å². The quantitative estimate of drug-likeness (QED) is 0.841. The van der Waals surface area contributed by atoms with E-state index in [9.17, 15) is 4.79 Å². The molecule has 5 nitrogen and oxygen atoms in total. The Balaban J connectivity index is 1.29. The molecule has 3 atom stereocenters. The van der Waals surface area contributed by atoms with Crippen LogP contribution in [0.2, 0.25) is 0 Å². The van der Waals surface area contributed by atoms with Crippen LogP contribution in [-0.4, -0.2) is 22.8 Å². The third kappa shape index (κ3) is 2.16. The third-order valence-corrected chi connectivity index (χ3v) is 6.34. The molecule has 6 heteroatoms. The summed E-state index contributed by atoms with van der Waals surface area (Å²) in [4.78, 5) is 11.9. The van der Waals surface area contributed by atoms with Gasteiger partial charge in [-0.3, -0.25) is 5.32 Å². The number of aryl methyl sites for hydroxylation is 1. The molecule has 2 fully saturated rings. The first-order valence-electron chi connectivity index (χ1n) is 7.77. The van der Waals surface area contributed by atoms with E-state index in [0.717, 1.165) is 23.9 Å². The molecule has 112 valence electrons. The number of carbonyl (C=O) groups is 1. The van der Waals surface area contributed by atoms with E-state index in [4.69, 9.17) is 0 Å². The number of rotatable bonds is 4. The van der Waals surface area contributed by atoms with Crippen molar-refractivity contribution in [2.75, 3.05) is 11.9 Å². The van der Waals surface area contributed by atoms with Crippen molar-refractivity contribution in [2.24, 2.45) is 23.2 Å². The molecule has 0 saturated heterocycles. The molecule has 2 N–H and O–H groups in total. The number of nitrogens with zero attached hydrogens (tertiary/aromatic N) is 2. The molecule has 4 rings (SSSR count). The molecule has 1 heterocycles. The monoisotopic (exact) mass is 304 g/mol. The van der Waals surface area contributed by atoms with Gasteiger partial charge in [-0.2, -0.15) is 0 Å². The van der Waals surface area contributed by atoms with E-state index in [0.29, 0.717) is 22.4 Å². The van der Waals surface area contributed by atoms with Crippen LogP contribution in [0.15, 0.2) is 12.2 Å². The highest BCUT2D eigenvalue weighted by Gasteiger charge is 2.62. The smallest absolute Gasteiger partial charge is 0.321 e. The molecule has 1 aromatic rings. The molecular formula is C15H20N4OS. The van der Waals surface area contributed by atoms with Crippen molar-refractivity contribution in [2.45, 2.75) is 32.6 Å². The number of allylic oxidation sites excluding steroid dienone is 2. The Kier molecular flexibility index (Phi) is 3.03. The summed E-state index contributed by atoms with van der Waals surface area (Å²) in [6.07, 6.45) is 9.64. The van der Waals surface area contributed by atoms with Gasteiger partial charge in [0.2, 0.25) is 5.13 Å². The van der Waals surface area contributed by atoms with Crippen LogP contribution >= 0.6 is 11.3 Å². The molecular weight excluding hydrogens is 284 g/mol. The predicted molar refractivity (Wildman–Crippen MR) is 82.2 cm³/mol. The molecule has 3 aliphatic carbocycles. The van der Waals surface area contributed by atoms with Crippen LogP contribution in [0.5, 0.6) is 0 Å². The van der Waals surface area contributed by atoms with Crippen molar-refractivity contribution in [3.05, 3.63) is 17.2 Å². The Morgan fingerprint density at radius 1 is 1.43 bits per heavy atom. The van der Waals surface area contributed by atoms with Crippen LogP contribution in [0.25, 0.3) is 0 Å². The summed E-state index contributed by atoms with van der Waals surface area (Å²) >= 11 is 1.44. The number of aromatic nitrogens is 2. The summed E-state index contributed by atoms with van der Waals surface area (Å²) in [6.45, 7) is 2.79. The highest BCUT2D eigenvalue weighted by atomic mass is 32.1. The lowest BCUT2D eigenvalue weighted by atomic mass is 9.89. The number of anilines is 1. The minimum atomic E-state index is -0.162. The second-order valence-electron chi connectivity index (χ2n) is 6.44. The fourth-order valence-corrected chi connectivity index (χ4v) is 4.84. The van der Waals surface area contributed by atoms with Crippen molar-refractivity contribution in [1.29, 1.82) is 0 Å². The van der Waals surface area contributed by atoms with Gasteiger partial charge in [0.1, 0.15) is 5.01 Å². The molecule has 1 spiro atoms. The SMILES string of the molecule is CCc1nnc(NC(=O)NC[C@H]2C[C@H]3C=C[C@H]2C32CC2)s1. The molecule has 1 aromatic heterocycles. The summed E-state index contributed by atoms with van der Waals surface area (Å²) in [5, 5.41) is 15.3. The Labute approximate surface area is 128 Å². The Morgan fingerprint density at radius 3 is 2.95 bits per heavy atom. The largest absolute Gasteiger partial charge is 0.338 e. The Bertz CT molecular complexity index is 592. The summed E-state index contributed by atoms with van der Waals surface area (Å²) in [5.74, 6) is 2.07. The van der Waals surface area contributed by atoms with E-state index >= 15 is 0 Å². The number of amides is 2. The molecule has 0 unspecified atom stereocenters. The molecule has 3 aliphatic rings. The molecule has 21 heavy (non-hydrogen) atoms. The van der Waals surface area contributed by atoms with E-state index in [1.54, 1.807) is 0 Å². The van der Waals surface area contributed by atoms with Crippen molar-refractivity contribution >= 4 is 22.5 Å². The highest BCUT2D eigenvalue weighted by Crippen LogP contribution is 2.69. The summed E-state index contributed by atoms with van der Waals surface area (Å²) < 4.78 is 0. The minimum Gasteiger partial charge on any atom is -0.338 e. The van der Waals surface area contributed by atoms with Crippen LogP contribution in [0.3, 0.4) is 0 Å². The average molecular weight is 304 g/mol. The zero-order valence-electron chi connectivity index (χ0n) is 12.1. The van der Waals surface area contributed by atoms with Gasteiger partial charge in [-0.1, -0.05) is 30.4 Å². The topological polar surface area (TPSA) is 66.9 Å². The normalized spacial score (nSPS) is 30.8. The van der Waals surface area contributed by atoms with Gasteiger partial charge in [0.05, 0.1) is 0 Å². The zero-order chi connectivity index (χ0) is 14.4. The third-order valence-electron chi connectivity index (χ3n) is 5.36. The van der Waals surface area contributed by atoms with Crippen molar-refractivity contribution < 1.29 is 4.79 Å². The van der Waals surface area contributed by atoms with Crippen LogP contribution in [0.4, 0.5) is 9.93 Å². The maximum absolute atomic E-state index is 11.9. The van der Waals surface area contributed by atoms with E-state index in [1.165, 1.54) is 30.6 Å². The van der Waals surface area contributed by atoms with Crippen LogP contribution in [0, 0.1) is 23.2 Å². The number of nitrogens with one attached hydrogen (secondary N) is 2. The molecule has 2 amide bonds. The second-order valence-corrected chi connectivity index (χ2v) is 7.50. The number of hydrogen-bond acceptors (Lipinski definition) is 4. The number of hydrogen-bond donors (Lipinski definition) is 2. The number of carbonyl (C=O) groups excluding carboxylic acids is 1. The minimum absolute atomic E-state index is 0.162. The van der Waals surface area contributed by atoms with Crippen molar-refractivity contribution in [3.63, 3.8) is 0 Å². The fraction of sp³-hybridized carbons (Fsp3) is 0.667. The standard InChI is InChI=1S/C15H20N4OS/c1-2-12-18-19-14(21-12)17-13(20)16-8-9-7-10-3-4-11(9)15(10)5-6-15/h3-4,9-11H,2,5-8H2,1H3,(H2,16,17,19,20)/t9-,10-,11-/m1/s1. The van der Waals surface area contributed by atoms with E-state index in [-0.39, 0.29) is 6.03 Å². The first-order chi connectivity index (χ1) is 10.2. The summed E-state index contributed by atoms with van der Waals surface area (Å²) in [5.41, 5.74) is 0.595. The first kappa shape index (κ1) is 13.2. The lowest BCUT2D eigenvalue weighted by Gasteiger charge is -2.20. The summed E-state index contributed by atoms with van der Waals surface area (Å²) in [7, 11) is 0. The molecule has 0 aliphatic heterocycles. The second kappa shape index (κ2) is 4.80. The van der Waals surface area contributed by atoms with Crippen molar-refractivity contribution in [1.82, 2.24) is 15.5 Å². The van der Waals surface area contributed by atoms with E-state index in [1.807, 2.05) is 6.92 Å². The molecule has 2 bridgehead atoms.